The quantitative estimate of drug-likeness (QED) is 0.755. The third kappa shape index (κ3) is 3.98. The highest BCUT2D eigenvalue weighted by Crippen LogP contribution is 2.33. The molecule has 1 aromatic heterocycles. The summed E-state index contributed by atoms with van der Waals surface area (Å²) < 4.78 is 11.0. The Morgan fingerprint density at radius 1 is 1.43 bits per heavy atom. The first-order valence-electron chi connectivity index (χ1n) is 10.1. The van der Waals surface area contributed by atoms with Crippen LogP contribution < -0.4 is 15.4 Å². The Morgan fingerprint density at radius 3 is 2.96 bits per heavy atom. The summed E-state index contributed by atoms with van der Waals surface area (Å²) in [5.74, 6) is 0.428. The molecule has 0 radical (unpaired) electrons. The van der Waals surface area contributed by atoms with Crippen LogP contribution in [0.1, 0.15) is 53.7 Å². The molecule has 1 saturated heterocycles. The molecule has 4 rings (SSSR count). The van der Waals surface area contributed by atoms with Gasteiger partial charge in [0.05, 0.1) is 44.0 Å². The number of morpholine rings is 1. The Balaban J connectivity index is 1.42. The van der Waals surface area contributed by atoms with Crippen molar-refractivity contribution in [2.24, 2.45) is 0 Å². The number of aromatic nitrogens is 1. The number of pyridine rings is 1. The maximum Gasteiger partial charge on any atom is 0.256 e. The predicted molar refractivity (Wildman–Crippen MR) is 102 cm³/mol. The fourth-order valence-electron chi connectivity index (χ4n) is 4.31. The summed E-state index contributed by atoms with van der Waals surface area (Å²) in [6.07, 6.45) is 4.70. The maximum absolute atomic E-state index is 12.9. The van der Waals surface area contributed by atoms with E-state index in [1.807, 2.05) is 11.0 Å². The van der Waals surface area contributed by atoms with E-state index in [1.54, 1.807) is 7.11 Å². The molecule has 3 aliphatic rings. The number of nitrogens with zero attached hydrogens (tertiary/aromatic N) is 2. The number of amides is 2. The highest BCUT2D eigenvalue weighted by Gasteiger charge is 2.36. The van der Waals surface area contributed by atoms with Crippen molar-refractivity contribution in [1.29, 1.82) is 0 Å². The summed E-state index contributed by atoms with van der Waals surface area (Å²) in [4.78, 5) is 31.6. The second-order valence-electron chi connectivity index (χ2n) is 7.70. The van der Waals surface area contributed by atoms with Crippen molar-refractivity contribution in [2.45, 2.75) is 57.3 Å². The summed E-state index contributed by atoms with van der Waals surface area (Å²) in [5, 5.41) is 6.12. The molecule has 152 valence electrons. The van der Waals surface area contributed by atoms with Crippen LogP contribution in [0, 0.1) is 0 Å². The number of methoxy groups -OCH3 is 1. The monoisotopic (exact) mass is 388 g/mol. The van der Waals surface area contributed by atoms with Gasteiger partial charge in [-0.3, -0.25) is 9.59 Å². The molecule has 0 bridgehead atoms. The van der Waals surface area contributed by atoms with E-state index < -0.39 is 0 Å². The van der Waals surface area contributed by atoms with Crippen LogP contribution in [0.5, 0.6) is 5.88 Å². The fourth-order valence-corrected chi connectivity index (χ4v) is 4.31. The minimum absolute atomic E-state index is 0.0475. The van der Waals surface area contributed by atoms with E-state index in [9.17, 15) is 9.59 Å². The van der Waals surface area contributed by atoms with E-state index in [-0.39, 0.29) is 24.5 Å². The van der Waals surface area contributed by atoms with Crippen LogP contribution in [0.4, 0.5) is 0 Å². The molecular weight excluding hydrogens is 360 g/mol. The van der Waals surface area contributed by atoms with Gasteiger partial charge in [-0.1, -0.05) is 12.8 Å². The lowest BCUT2D eigenvalue weighted by atomic mass is 10.1. The Kier molecular flexibility index (Phi) is 5.77. The van der Waals surface area contributed by atoms with Crippen LogP contribution in [-0.2, 0) is 22.6 Å². The number of hydrogen-bond acceptors (Lipinski definition) is 6. The van der Waals surface area contributed by atoms with Crippen molar-refractivity contribution in [3.63, 3.8) is 0 Å². The largest absolute Gasteiger partial charge is 0.481 e. The van der Waals surface area contributed by atoms with Gasteiger partial charge in [0.2, 0.25) is 11.8 Å². The van der Waals surface area contributed by atoms with Crippen LogP contribution in [0.25, 0.3) is 0 Å². The molecule has 3 heterocycles. The second-order valence-corrected chi connectivity index (χ2v) is 7.70. The second kappa shape index (κ2) is 8.45. The van der Waals surface area contributed by atoms with Crippen LogP contribution in [0.15, 0.2) is 6.07 Å². The summed E-state index contributed by atoms with van der Waals surface area (Å²) in [6.45, 7) is 2.96. The summed E-state index contributed by atoms with van der Waals surface area (Å²) in [6, 6.07) is 2.15. The molecule has 1 unspecified atom stereocenters. The van der Waals surface area contributed by atoms with Crippen molar-refractivity contribution < 1.29 is 19.1 Å². The van der Waals surface area contributed by atoms with Gasteiger partial charge in [0.1, 0.15) is 0 Å². The number of fused-ring (bicyclic) bond motifs is 1. The van der Waals surface area contributed by atoms with Gasteiger partial charge in [-0.25, -0.2) is 4.98 Å². The molecule has 28 heavy (non-hydrogen) atoms. The molecule has 2 N–H and O–H groups in total. The number of carbonyl (C=O) groups is 2. The van der Waals surface area contributed by atoms with Crippen LogP contribution in [0.3, 0.4) is 0 Å². The molecular formula is C20H28N4O4. The van der Waals surface area contributed by atoms with Crippen molar-refractivity contribution in [3.8, 4) is 5.88 Å². The van der Waals surface area contributed by atoms with Gasteiger partial charge in [-0.05, 0) is 18.9 Å². The van der Waals surface area contributed by atoms with Crippen LogP contribution >= 0.6 is 0 Å². The van der Waals surface area contributed by atoms with Gasteiger partial charge in [-0.15, -0.1) is 0 Å². The SMILES string of the molecule is COc1nc2c(cc1CNC(=O)CC1CNCCO1)C(=O)N(C1CCCC1)C2. The normalized spacial score (nSPS) is 22.4. The number of nitrogens with one attached hydrogen (secondary N) is 2. The zero-order valence-electron chi connectivity index (χ0n) is 16.3. The maximum atomic E-state index is 12.9. The lowest BCUT2D eigenvalue weighted by molar-refractivity contribution is -0.124. The lowest BCUT2D eigenvalue weighted by Gasteiger charge is -2.23. The van der Waals surface area contributed by atoms with Gasteiger partial charge >= 0.3 is 0 Å². The predicted octanol–water partition coefficient (Wildman–Crippen LogP) is 0.983. The topological polar surface area (TPSA) is 92.8 Å². The van der Waals surface area contributed by atoms with Crippen LogP contribution in [-0.4, -0.2) is 60.7 Å². The van der Waals surface area contributed by atoms with E-state index >= 15 is 0 Å². The summed E-state index contributed by atoms with van der Waals surface area (Å²) in [7, 11) is 1.56. The van der Waals surface area contributed by atoms with E-state index in [1.165, 1.54) is 12.8 Å². The van der Waals surface area contributed by atoms with Gasteiger partial charge < -0.3 is 25.0 Å². The third-order valence-corrected chi connectivity index (χ3v) is 5.80. The molecule has 2 amide bonds. The van der Waals surface area contributed by atoms with E-state index in [0.717, 1.165) is 30.6 Å². The molecule has 1 aromatic rings. The lowest BCUT2D eigenvalue weighted by Crippen LogP contribution is -2.41. The number of hydrogen-bond donors (Lipinski definition) is 2. The minimum Gasteiger partial charge on any atom is -0.481 e. The van der Waals surface area contributed by atoms with Crippen LogP contribution in [0.2, 0.25) is 0 Å². The highest BCUT2D eigenvalue weighted by molar-refractivity contribution is 5.98. The van der Waals surface area contributed by atoms with Crippen molar-refractivity contribution >= 4 is 11.8 Å². The summed E-state index contributed by atoms with van der Waals surface area (Å²) in [5.41, 5.74) is 2.13. The molecule has 1 atom stereocenters. The van der Waals surface area contributed by atoms with Gasteiger partial charge in [0.25, 0.3) is 5.91 Å². The third-order valence-electron chi connectivity index (χ3n) is 5.80. The van der Waals surface area contributed by atoms with Gasteiger partial charge in [0.15, 0.2) is 0 Å². The smallest absolute Gasteiger partial charge is 0.256 e. The van der Waals surface area contributed by atoms with E-state index in [4.69, 9.17) is 9.47 Å². The zero-order valence-corrected chi connectivity index (χ0v) is 16.3. The highest BCUT2D eigenvalue weighted by atomic mass is 16.5. The van der Waals surface area contributed by atoms with Gasteiger partial charge in [-0.2, -0.15) is 0 Å². The first kappa shape index (κ1) is 19.1. The van der Waals surface area contributed by atoms with E-state index in [2.05, 4.69) is 15.6 Å². The Labute approximate surface area is 165 Å². The number of ether oxygens (including phenoxy) is 2. The molecule has 1 aliphatic carbocycles. The molecule has 8 heteroatoms. The molecule has 1 saturated carbocycles. The first-order chi connectivity index (χ1) is 13.7. The Bertz CT molecular complexity index is 742. The molecule has 0 aromatic carbocycles. The zero-order chi connectivity index (χ0) is 19.5. The van der Waals surface area contributed by atoms with Crippen molar-refractivity contribution in [2.75, 3.05) is 26.8 Å². The molecule has 0 spiro atoms. The molecule has 8 nitrogen and oxygen atoms in total. The van der Waals surface area contributed by atoms with Crippen molar-refractivity contribution in [1.82, 2.24) is 20.5 Å². The average Bonchev–Trinajstić information content (AvgIpc) is 3.34. The fraction of sp³-hybridized carbons (Fsp3) is 0.650. The van der Waals surface area contributed by atoms with Gasteiger partial charge in [0, 0.05) is 31.2 Å². The first-order valence-corrected chi connectivity index (χ1v) is 10.1. The molecule has 2 aliphatic heterocycles. The summed E-state index contributed by atoms with van der Waals surface area (Å²) >= 11 is 0. The van der Waals surface area contributed by atoms with E-state index in [0.29, 0.717) is 43.6 Å². The number of rotatable bonds is 6. The van der Waals surface area contributed by atoms with Crippen molar-refractivity contribution in [3.05, 3.63) is 22.9 Å². The Morgan fingerprint density at radius 2 is 2.25 bits per heavy atom. The standard InChI is InChI=1S/C20H28N4O4/c1-27-19-13(10-22-18(25)9-15-11-21-6-7-28-15)8-16-17(23-19)12-24(20(16)26)14-4-2-3-5-14/h8,14-15,21H,2-7,9-12H2,1H3,(H,22,25). The number of carbonyl (C=O) groups excluding carboxylic acids is 2. The molecule has 2 fully saturated rings. The minimum atomic E-state index is -0.102. The average molecular weight is 388 g/mol. The Hall–Kier alpha value is -2.19.